The number of hydrogen-bond acceptors (Lipinski definition) is 5. The van der Waals surface area contributed by atoms with Gasteiger partial charge in [0.25, 0.3) is 0 Å². The minimum Gasteiger partial charge on any atom is -0.461 e. The van der Waals surface area contributed by atoms with Crippen LogP contribution in [0.3, 0.4) is 0 Å². The first-order valence-corrected chi connectivity index (χ1v) is 6.71. The molecule has 0 amide bonds. The summed E-state index contributed by atoms with van der Waals surface area (Å²) in [6.45, 7) is 0. The van der Waals surface area contributed by atoms with Gasteiger partial charge in [0.2, 0.25) is 11.5 Å². The Morgan fingerprint density at radius 1 is 0.636 bits per heavy atom. The summed E-state index contributed by atoms with van der Waals surface area (Å²) >= 11 is 0. The van der Waals surface area contributed by atoms with E-state index in [1.807, 2.05) is 30.3 Å². The standard InChI is InChI=1S/C17H11NO4/c1-2-6-12(7-3-1)18-17-21-15(13-8-4-10-19-13)16(22-17)14-9-5-11-20-14/h1-11H. The monoisotopic (exact) mass is 293 g/mol. The predicted octanol–water partition coefficient (Wildman–Crippen LogP) is 4.63. The van der Waals surface area contributed by atoms with Crippen LogP contribution in [0, 0.1) is 0 Å². The van der Waals surface area contributed by atoms with Gasteiger partial charge in [-0.2, -0.15) is 4.99 Å². The highest BCUT2D eigenvalue weighted by Crippen LogP contribution is 2.32. The van der Waals surface area contributed by atoms with Crippen molar-refractivity contribution < 1.29 is 17.7 Å². The summed E-state index contributed by atoms with van der Waals surface area (Å²) in [5, 5.41) is 0. The van der Waals surface area contributed by atoms with Gasteiger partial charge in [-0.1, -0.05) is 18.2 Å². The van der Waals surface area contributed by atoms with Gasteiger partial charge in [0, 0.05) is 0 Å². The molecule has 5 nitrogen and oxygen atoms in total. The van der Waals surface area contributed by atoms with E-state index >= 15 is 0 Å². The molecule has 108 valence electrons. The smallest absolute Gasteiger partial charge is 0.400 e. The van der Waals surface area contributed by atoms with Gasteiger partial charge in [0.05, 0.1) is 18.2 Å². The summed E-state index contributed by atoms with van der Waals surface area (Å²) in [5.74, 6) is 2.10. The molecule has 0 saturated heterocycles. The zero-order chi connectivity index (χ0) is 14.8. The SMILES string of the molecule is c1ccc(N=c2oc(-c3ccco3)c(-c3ccco3)o2)cc1. The fourth-order valence-electron chi connectivity index (χ4n) is 2.08. The maximum Gasteiger partial charge on any atom is 0.400 e. The first-order valence-electron chi connectivity index (χ1n) is 6.71. The number of furan rings is 2. The third kappa shape index (κ3) is 2.29. The third-order valence-electron chi connectivity index (χ3n) is 3.05. The van der Waals surface area contributed by atoms with E-state index in [9.17, 15) is 0 Å². The highest BCUT2D eigenvalue weighted by molar-refractivity contribution is 5.68. The van der Waals surface area contributed by atoms with Crippen LogP contribution in [0.25, 0.3) is 23.0 Å². The van der Waals surface area contributed by atoms with Gasteiger partial charge in [0.1, 0.15) is 0 Å². The molecule has 0 radical (unpaired) electrons. The maximum absolute atomic E-state index is 5.70. The van der Waals surface area contributed by atoms with Crippen molar-refractivity contribution in [1.29, 1.82) is 0 Å². The summed E-state index contributed by atoms with van der Waals surface area (Å²) in [5.41, 5.74) is 0.733. The van der Waals surface area contributed by atoms with Crippen molar-refractivity contribution in [1.82, 2.24) is 0 Å². The fourth-order valence-corrected chi connectivity index (χ4v) is 2.08. The summed E-state index contributed by atoms with van der Waals surface area (Å²) in [6, 6.07) is 16.5. The molecule has 3 aromatic heterocycles. The molecule has 0 aliphatic heterocycles. The van der Waals surface area contributed by atoms with Crippen LogP contribution >= 0.6 is 0 Å². The molecule has 0 saturated carbocycles. The highest BCUT2D eigenvalue weighted by atomic mass is 16.5. The van der Waals surface area contributed by atoms with Crippen molar-refractivity contribution in [3.05, 3.63) is 72.9 Å². The van der Waals surface area contributed by atoms with Crippen LogP contribution in [0.1, 0.15) is 0 Å². The molecule has 1 aromatic carbocycles. The summed E-state index contributed by atoms with van der Waals surface area (Å²) in [6.07, 6.45) is 3.13. The Balaban J connectivity index is 1.89. The fraction of sp³-hybridized carbons (Fsp3) is 0. The van der Waals surface area contributed by atoms with E-state index in [1.54, 1.807) is 36.8 Å². The van der Waals surface area contributed by atoms with Crippen LogP contribution in [-0.4, -0.2) is 0 Å². The van der Waals surface area contributed by atoms with Gasteiger partial charge in [0.15, 0.2) is 11.5 Å². The second-order valence-electron chi connectivity index (χ2n) is 4.53. The Bertz CT molecular complexity index is 858. The first kappa shape index (κ1) is 12.5. The molecule has 0 N–H and O–H groups in total. The zero-order valence-electron chi connectivity index (χ0n) is 11.4. The maximum atomic E-state index is 5.70. The molecule has 0 aliphatic carbocycles. The van der Waals surface area contributed by atoms with Crippen LogP contribution in [0.2, 0.25) is 0 Å². The summed E-state index contributed by atoms with van der Waals surface area (Å²) < 4.78 is 22.2. The van der Waals surface area contributed by atoms with Crippen LogP contribution in [0.4, 0.5) is 5.69 Å². The number of rotatable bonds is 3. The molecule has 4 rings (SSSR count). The lowest BCUT2D eigenvalue weighted by molar-refractivity contribution is 0.369. The largest absolute Gasteiger partial charge is 0.461 e. The van der Waals surface area contributed by atoms with Gasteiger partial charge in [-0.25, -0.2) is 0 Å². The molecule has 0 spiro atoms. The van der Waals surface area contributed by atoms with E-state index in [4.69, 9.17) is 17.7 Å². The molecule has 0 fully saturated rings. The van der Waals surface area contributed by atoms with Gasteiger partial charge >= 0.3 is 5.75 Å². The Kier molecular flexibility index (Phi) is 3.01. The lowest BCUT2D eigenvalue weighted by Gasteiger charge is -1.92. The normalized spacial score (nSPS) is 10.7. The molecule has 0 unspecified atom stereocenters. The average molecular weight is 293 g/mol. The van der Waals surface area contributed by atoms with Crippen molar-refractivity contribution in [2.45, 2.75) is 0 Å². The van der Waals surface area contributed by atoms with Crippen LogP contribution in [0.5, 0.6) is 0 Å². The lowest BCUT2D eigenvalue weighted by Crippen LogP contribution is -1.91. The minimum absolute atomic E-state index is 0.129. The second-order valence-corrected chi connectivity index (χ2v) is 4.53. The third-order valence-corrected chi connectivity index (χ3v) is 3.05. The van der Waals surface area contributed by atoms with Crippen molar-refractivity contribution in [2.24, 2.45) is 4.99 Å². The molecule has 5 heteroatoms. The molecule has 22 heavy (non-hydrogen) atoms. The Morgan fingerprint density at radius 3 is 1.73 bits per heavy atom. The predicted molar refractivity (Wildman–Crippen MR) is 78.0 cm³/mol. The summed E-state index contributed by atoms with van der Waals surface area (Å²) in [7, 11) is 0. The molecule has 0 bridgehead atoms. The van der Waals surface area contributed by atoms with Crippen LogP contribution < -0.4 is 5.75 Å². The van der Waals surface area contributed by atoms with Gasteiger partial charge in [-0.15, -0.1) is 0 Å². The summed E-state index contributed by atoms with van der Waals surface area (Å²) in [4.78, 5) is 4.33. The zero-order valence-corrected chi connectivity index (χ0v) is 11.4. The second kappa shape index (κ2) is 5.29. The minimum atomic E-state index is 0.129. The van der Waals surface area contributed by atoms with Crippen LogP contribution in [-0.2, 0) is 0 Å². The topological polar surface area (TPSA) is 64.9 Å². The van der Waals surface area contributed by atoms with E-state index in [-0.39, 0.29) is 5.75 Å². The molecular formula is C17H11NO4. The van der Waals surface area contributed by atoms with E-state index in [0.717, 1.165) is 5.69 Å². The molecule has 4 aromatic rings. The number of para-hydroxylation sites is 1. The molecular weight excluding hydrogens is 282 g/mol. The highest BCUT2D eigenvalue weighted by Gasteiger charge is 2.20. The number of nitrogens with zero attached hydrogens (tertiary/aromatic N) is 1. The Hall–Kier alpha value is -3.21. The first-order chi connectivity index (χ1) is 10.9. The molecule has 0 aliphatic rings. The van der Waals surface area contributed by atoms with Crippen molar-refractivity contribution in [3.8, 4) is 23.0 Å². The van der Waals surface area contributed by atoms with Crippen molar-refractivity contribution >= 4 is 5.69 Å². The van der Waals surface area contributed by atoms with E-state index < -0.39 is 0 Å². The lowest BCUT2D eigenvalue weighted by atomic mass is 10.2. The van der Waals surface area contributed by atoms with E-state index in [2.05, 4.69) is 4.99 Å². The average Bonchev–Trinajstić information content (AvgIpc) is 3.29. The van der Waals surface area contributed by atoms with E-state index in [0.29, 0.717) is 23.0 Å². The van der Waals surface area contributed by atoms with Crippen molar-refractivity contribution in [3.63, 3.8) is 0 Å². The Morgan fingerprint density at radius 2 is 1.23 bits per heavy atom. The van der Waals surface area contributed by atoms with Crippen molar-refractivity contribution in [2.75, 3.05) is 0 Å². The quantitative estimate of drug-likeness (QED) is 0.552. The van der Waals surface area contributed by atoms with Gasteiger partial charge in [-0.3, -0.25) is 0 Å². The molecule has 0 atom stereocenters. The van der Waals surface area contributed by atoms with Gasteiger partial charge < -0.3 is 17.7 Å². The number of hydrogen-bond donors (Lipinski definition) is 0. The molecule has 3 heterocycles. The van der Waals surface area contributed by atoms with E-state index in [1.165, 1.54) is 0 Å². The Labute approximate surface area is 125 Å². The number of benzene rings is 1. The van der Waals surface area contributed by atoms with Crippen LogP contribution in [0.15, 0.2) is 89.8 Å². The van der Waals surface area contributed by atoms with Gasteiger partial charge in [-0.05, 0) is 36.4 Å².